The molecule has 0 saturated carbocycles. The molecule has 0 unspecified atom stereocenters. The molecule has 3 rings (SSSR count). The average Bonchev–Trinajstić information content (AvgIpc) is 2.67. The van der Waals surface area contributed by atoms with E-state index in [1.165, 1.54) is 0 Å². The number of nitrogens with zero attached hydrogens (tertiary/aromatic N) is 1. The van der Waals surface area contributed by atoms with Crippen LogP contribution in [0.15, 0.2) is 79.9 Å². The van der Waals surface area contributed by atoms with Crippen molar-refractivity contribution < 1.29 is 9.53 Å². The van der Waals surface area contributed by atoms with Crippen LogP contribution in [-0.2, 0) is 16.8 Å². The van der Waals surface area contributed by atoms with Gasteiger partial charge in [0.05, 0.1) is 5.56 Å². The summed E-state index contributed by atoms with van der Waals surface area (Å²) in [6.45, 7) is 10.0. The number of hydrogen-bond acceptors (Lipinski definition) is 3. The van der Waals surface area contributed by atoms with Crippen molar-refractivity contribution in [3.05, 3.63) is 96.6 Å². The number of ether oxygens (including phenoxy) is 1. The van der Waals surface area contributed by atoms with Crippen molar-refractivity contribution in [3.8, 4) is 0 Å². The van der Waals surface area contributed by atoms with E-state index in [1.54, 1.807) is 0 Å². The minimum atomic E-state index is -0.646. The molecule has 0 saturated heterocycles. The van der Waals surface area contributed by atoms with Crippen LogP contribution in [0, 0.1) is 0 Å². The van der Waals surface area contributed by atoms with Crippen LogP contribution in [0.1, 0.15) is 27.9 Å². The van der Waals surface area contributed by atoms with E-state index in [0.717, 1.165) is 37.2 Å². The van der Waals surface area contributed by atoms with Gasteiger partial charge >= 0.3 is 5.97 Å². The second kappa shape index (κ2) is 8.15. The van der Waals surface area contributed by atoms with Crippen molar-refractivity contribution in [2.45, 2.75) is 18.4 Å². The minimum Gasteiger partial charge on any atom is -0.450 e. The molecule has 0 aromatic heterocycles. The van der Waals surface area contributed by atoms with Crippen LogP contribution in [-0.4, -0.2) is 30.5 Å². The number of rotatable bonds is 8. The molecule has 3 nitrogen and oxygen atoms in total. The lowest BCUT2D eigenvalue weighted by atomic mass is 9.80. The quantitative estimate of drug-likeness (QED) is 0.525. The molecule has 0 fully saturated rings. The summed E-state index contributed by atoms with van der Waals surface area (Å²) < 4.78 is 6.08. The fourth-order valence-electron chi connectivity index (χ4n) is 3.60. The monoisotopic (exact) mass is 347 g/mol. The molecule has 1 atom stereocenters. The Morgan fingerprint density at radius 3 is 2.35 bits per heavy atom. The molecule has 134 valence electrons. The highest BCUT2D eigenvalue weighted by Gasteiger charge is 2.41. The van der Waals surface area contributed by atoms with Crippen molar-refractivity contribution in [3.63, 3.8) is 0 Å². The molecular formula is C23H25NO2. The topological polar surface area (TPSA) is 29.5 Å². The third kappa shape index (κ3) is 3.78. The number of esters is 1. The van der Waals surface area contributed by atoms with Crippen LogP contribution in [0.4, 0.5) is 0 Å². The highest BCUT2D eigenvalue weighted by atomic mass is 16.6. The number of benzene rings is 2. The molecule has 1 aliphatic rings. The van der Waals surface area contributed by atoms with Crippen LogP contribution in [0.2, 0.25) is 0 Å². The Hall–Kier alpha value is -2.65. The zero-order chi connectivity index (χ0) is 18.4. The first kappa shape index (κ1) is 18.2. The van der Waals surface area contributed by atoms with Gasteiger partial charge in [0.15, 0.2) is 0 Å². The van der Waals surface area contributed by atoms with Crippen LogP contribution in [0.3, 0.4) is 0 Å². The van der Waals surface area contributed by atoms with Gasteiger partial charge in [-0.3, -0.25) is 4.90 Å². The van der Waals surface area contributed by atoms with Crippen LogP contribution in [0.5, 0.6) is 0 Å². The van der Waals surface area contributed by atoms with Gasteiger partial charge < -0.3 is 4.74 Å². The van der Waals surface area contributed by atoms with E-state index >= 15 is 0 Å². The largest absolute Gasteiger partial charge is 0.450 e. The predicted molar refractivity (Wildman–Crippen MR) is 105 cm³/mol. The Morgan fingerprint density at radius 1 is 1.00 bits per heavy atom. The average molecular weight is 347 g/mol. The van der Waals surface area contributed by atoms with Gasteiger partial charge in [0, 0.05) is 32.5 Å². The first-order chi connectivity index (χ1) is 12.7. The van der Waals surface area contributed by atoms with Gasteiger partial charge in [-0.2, -0.15) is 0 Å². The molecule has 0 N–H and O–H groups in total. The first-order valence-electron chi connectivity index (χ1n) is 8.99. The Balaban J connectivity index is 1.93. The van der Waals surface area contributed by atoms with Gasteiger partial charge in [0.25, 0.3) is 0 Å². The molecule has 0 aliphatic carbocycles. The summed E-state index contributed by atoms with van der Waals surface area (Å²) in [6.07, 6.45) is 5.19. The molecule has 0 amide bonds. The highest BCUT2D eigenvalue weighted by molar-refractivity contribution is 5.92. The molecule has 1 heterocycles. The lowest BCUT2D eigenvalue weighted by molar-refractivity contribution is -0.0363. The summed E-state index contributed by atoms with van der Waals surface area (Å²) in [5.41, 5.74) is 2.12. The Kier molecular flexibility index (Phi) is 5.69. The third-order valence-electron chi connectivity index (χ3n) is 4.91. The summed E-state index contributed by atoms with van der Waals surface area (Å²) >= 11 is 0. The maximum Gasteiger partial charge on any atom is 0.339 e. The molecule has 0 bridgehead atoms. The van der Waals surface area contributed by atoms with E-state index in [2.05, 4.69) is 18.1 Å². The smallest absolute Gasteiger partial charge is 0.339 e. The van der Waals surface area contributed by atoms with Gasteiger partial charge in [-0.15, -0.1) is 13.2 Å². The molecule has 2 aromatic rings. The minimum absolute atomic E-state index is 0.241. The lowest BCUT2D eigenvalue weighted by Crippen LogP contribution is -2.42. The third-order valence-corrected chi connectivity index (χ3v) is 4.91. The molecule has 0 radical (unpaired) electrons. The number of carbonyl (C=O) groups is 1. The standard InChI is InChI=1S/C23H25NO2/c1-3-15-24(16-4-2)17-14-23(20-11-6-5-7-12-20)18-19-10-8-9-13-21(19)22(25)26-23/h3-13H,1-2,14-18H2/t23-/m1/s1. The SMILES string of the molecule is C=CCN(CC=C)CC[C@]1(c2ccccc2)Cc2ccccc2C(=O)O1. The van der Waals surface area contributed by atoms with Crippen LogP contribution < -0.4 is 0 Å². The summed E-state index contributed by atoms with van der Waals surface area (Å²) in [7, 11) is 0. The van der Waals surface area contributed by atoms with Gasteiger partial charge in [0.2, 0.25) is 0 Å². The fraction of sp³-hybridized carbons (Fsp3) is 0.261. The molecule has 26 heavy (non-hydrogen) atoms. The Morgan fingerprint density at radius 2 is 1.65 bits per heavy atom. The second-order valence-corrected chi connectivity index (χ2v) is 6.67. The maximum atomic E-state index is 12.7. The molecule has 1 aliphatic heterocycles. The van der Waals surface area contributed by atoms with Gasteiger partial charge in [-0.1, -0.05) is 60.7 Å². The van der Waals surface area contributed by atoms with Crippen molar-refractivity contribution >= 4 is 5.97 Å². The highest BCUT2D eigenvalue weighted by Crippen LogP contribution is 2.39. The van der Waals surface area contributed by atoms with Crippen molar-refractivity contribution in [1.29, 1.82) is 0 Å². The lowest BCUT2D eigenvalue weighted by Gasteiger charge is -2.39. The maximum absolute atomic E-state index is 12.7. The first-order valence-corrected chi connectivity index (χ1v) is 8.99. The molecule has 3 heteroatoms. The van der Waals surface area contributed by atoms with Crippen molar-refractivity contribution in [1.82, 2.24) is 4.90 Å². The second-order valence-electron chi connectivity index (χ2n) is 6.67. The summed E-state index contributed by atoms with van der Waals surface area (Å²) in [5.74, 6) is -0.241. The van der Waals surface area contributed by atoms with E-state index in [4.69, 9.17) is 4.74 Å². The van der Waals surface area contributed by atoms with E-state index < -0.39 is 5.60 Å². The zero-order valence-electron chi connectivity index (χ0n) is 15.1. The van der Waals surface area contributed by atoms with E-state index in [9.17, 15) is 4.79 Å². The number of carbonyl (C=O) groups excluding carboxylic acids is 1. The van der Waals surface area contributed by atoms with Crippen LogP contribution >= 0.6 is 0 Å². The normalized spacial score (nSPS) is 18.9. The Bertz CT molecular complexity index is 774. The predicted octanol–water partition coefficient (Wildman–Crippen LogP) is 4.36. The summed E-state index contributed by atoms with van der Waals surface area (Å²) in [4.78, 5) is 15.0. The zero-order valence-corrected chi connectivity index (χ0v) is 15.1. The van der Waals surface area contributed by atoms with Gasteiger partial charge in [0.1, 0.15) is 5.60 Å². The number of hydrogen-bond donors (Lipinski definition) is 0. The van der Waals surface area contributed by atoms with Gasteiger partial charge in [-0.05, 0) is 17.2 Å². The van der Waals surface area contributed by atoms with Crippen molar-refractivity contribution in [2.75, 3.05) is 19.6 Å². The van der Waals surface area contributed by atoms with Gasteiger partial charge in [-0.25, -0.2) is 4.79 Å². The number of fused-ring (bicyclic) bond motifs is 1. The summed E-state index contributed by atoms with van der Waals surface area (Å²) in [5, 5.41) is 0. The fourth-order valence-corrected chi connectivity index (χ4v) is 3.60. The van der Waals surface area contributed by atoms with Crippen molar-refractivity contribution in [2.24, 2.45) is 0 Å². The van der Waals surface area contributed by atoms with E-state index in [-0.39, 0.29) is 5.97 Å². The van der Waals surface area contributed by atoms with E-state index in [1.807, 2.05) is 66.7 Å². The van der Waals surface area contributed by atoms with E-state index in [0.29, 0.717) is 12.0 Å². The Labute approximate surface area is 155 Å². The summed E-state index contributed by atoms with van der Waals surface area (Å²) in [6, 6.07) is 17.8. The number of cyclic esters (lactones) is 1. The molecule has 2 aromatic carbocycles. The molecular weight excluding hydrogens is 322 g/mol. The molecule has 0 spiro atoms. The van der Waals surface area contributed by atoms with Crippen LogP contribution in [0.25, 0.3) is 0 Å².